The zero-order chi connectivity index (χ0) is 12.0. The highest BCUT2D eigenvalue weighted by atomic mass is 14.6. The summed E-state index contributed by atoms with van der Waals surface area (Å²) in [6.07, 6.45) is 7.25. The lowest BCUT2D eigenvalue weighted by molar-refractivity contribution is 0.647. The van der Waals surface area contributed by atoms with Crippen LogP contribution in [0.15, 0.2) is 29.3 Å². The van der Waals surface area contributed by atoms with Crippen molar-refractivity contribution in [2.75, 3.05) is 7.05 Å². The van der Waals surface area contributed by atoms with Gasteiger partial charge in [0.1, 0.15) is 0 Å². The van der Waals surface area contributed by atoms with E-state index in [-0.39, 0.29) is 0 Å². The maximum Gasteiger partial charge on any atom is 0.0287 e. The fraction of sp³-hybridized carbons (Fsp3) is 0.400. The van der Waals surface area contributed by atoms with Crippen molar-refractivity contribution in [1.29, 1.82) is 0 Å². The van der Waals surface area contributed by atoms with Crippen LogP contribution >= 0.6 is 0 Å². The Kier molecular flexibility index (Phi) is 4.97. The molecule has 1 nitrogen and oxygen atoms in total. The molecule has 0 atom stereocenters. The molecule has 0 aromatic heterocycles. The minimum Gasteiger partial charge on any atom is -0.296 e. The second-order valence-electron chi connectivity index (χ2n) is 4.45. The lowest BCUT2D eigenvalue weighted by Gasteiger charge is -2.08. The van der Waals surface area contributed by atoms with Gasteiger partial charge in [-0.05, 0) is 36.0 Å². The average Bonchev–Trinajstić information content (AvgIpc) is 2.21. The normalized spacial score (nSPS) is 12.1. The SMILES string of the molecule is C/C=C\c1cc(CC(C)C)ccc1/C=N\C. The molecule has 0 N–H and O–H groups in total. The van der Waals surface area contributed by atoms with E-state index >= 15 is 0 Å². The van der Waals surface area contributed by atoms with Gasteiger partial charge < -0.3 is 0 Å². The van der Waals surface area contributed by atoms with E-state index in [1.165, 1.54) is 16.7 Å². The van der Waals surface area contributed by atoms with E-state index in [1.807, 2.05) is 20.2 Å². The molecule has 1 heteroatoms. The van der Waals surface area contributed by atoms with E-state index in [1.54, 1.807) is 0 Å². The fourth-order valence-electron chi connectivity index (χ4n) is 1.80. The number of aliphatic imine (C=N–C) groups is 1. The summed E-state index contributed by atoms with van der Waals surface area (Å²) < 4.78 is 0. The molecular weight excluding hydrogens is 194 g/mol. The molecule has 0 unspecified atom stereocenters. The van der Waals surface area contributed by atoms with Crippen molar-refractivity contribution in [2.24, 2.45) is 10.9 Å². The van der Waals surface area contributed by atoms with Crippen LogP contribution in [0.5, 0.6) is 0 Å². The molecule has 0 radical (unpaired) electrons. The fourth-order valence-corrected chi connectivity index (χ4v) is 1.80. The molecule has 1 aromatic rings. The van der Waals surface area contributed by atoms with Gasteiger partial charge in [0.05, 0.1) is 0 Å². The minimum atomic E-state index is 0.698. The molecule has 86 valence electrons. The monoisotopic (exact) mass is 215 g/mol. The number of hydrogen-bond acceptors (Lipinski definition) is 1. The Morgan fingerprint density at radius 2 is 2.00 bits per heavy atom. The van der Waals surface area contributed by atoms with Gasteiger partial charge in [0.15, 0.2) is 0 Å². The summed E-state index contributed by atoms with van der Waals surface area (Å²) in [5.74, 6) is 0.698. The largest absolute Gasteiger partial charge is 0.296 e. The molecule has 0 spiro atoms. The van der Waals surface area contributed by atoms with Crippen LogP contribution in [0.4, 0.5) is 0 Å². The van der Waals surface area contributed by atoms with Crippen LogP contribution in [-0.4, -0.2) is 13.3 Å². The van der Waals surface area contributed by atoms with Gasteiger partial charge in [-0.2, -0.15) is 0 Å². The standard InChI is InChI=1S/C15H21N/c1-5-6-14-10-13(9-12(2)3)7-8-15(14)11-16-4/h5-8,10-12H,9H2,1-4H3/b6-5-,16-11-. The number of hydrogen-bond donors (Lipinski definition) is 0. The summed E-state index contributed by atoms with van der Waals surface area (Å²) in [6.45, 7) is 6.54. The summed E-state index contributed by atoms with van der Waals surface area (Å²) in [4.78, 5) is 4.08. The molecule has 0 heterocycles. The molecule has 0 saturated heterocycles. The van der Waals surface area contributed by atoms with Gasteiger partial charge in [-0.1, -0.05) is 44.2 Å². The maximum atomic E-state index is 4.08. The topological polar surface area (TPSA) is 12.4 Å². The third-order valence-electron chi connectivity index (χ3n) is 2.41. The summed E-state index contributed by atoms with van der Waals surface area (Å²) in [5.41, 5.74) is 3.84. The highest BCUT2D eigenvalue weighted by molar-refractivity contribution is 5.85. The van der Waals surface area contributed by atoms with Gasteiger partial charge in [0.25, 0.3) is 0 Å². The third kappa shape index (κ3) is 3.65. The van der Waals surface area contributed by atoms with E-state index in [0.717, 1.165) is 6.42 Å². The van der Waals surface area contributed by atoms with E-state index in [0.29, 0.717) is 5.92 Å². The molecule has 0 aliphatic rings. The van der Waals surface area contributed by atoms with Crippen molar-refractivity contribution in [3.8, 4) is 0 Å². The smallest absolute Gasteiger partial charge is 0.0287 e. The Bertz CT molecular complexity index is 386. The molecule has 0 amide bonds. The van der Waals surface area contributed by atoms with Crippen LogP contribution in [0.3, 0.4) is 0 Å². The van der Waals surface area contributed by atoms with Crippen LogP contribution in [0.2, 0.25) is 0 Å². The van der Waals surface area contributed by atoms with Crippen molar-refractivity contribution in [1.82, 2.24) is 0 Å². The zero-order valence-corrected chi connectivity index (χ0v) is 10.7. The van der Waals surface area contributed by atoms with Crippen molar-refractivity contribution in [2.45, 2.75) is 27.2 Å². The van der Waals surface area contributed by atoms with Crippen molar-refractivity contribution in [3.05, 3.63) is 41.0 Å². The summed E-state index contributed by atoms with van der Waals surface area (Å²) >= 11 is 0. The molecule has 0 aliphatic heterocycles. The molecule has 1 aromatic carbocycles. The minimum absolute atomic E-state index is 0.698. The molecule has 0 saturated carbocycles. The van der Waals surface area contributed by atoms with E-state index in [4.69, 9.17) is 0 Å². The van der Waals surface area contributed by atoms with E-state index in [2.05, 4.69) is 49.2 Å². The van der Waals surface area contributed by atoms with Gasteiger partial charge in [0, 0.05) is 13.3 Å². The van der Waals surface area contributed by atoms with Gasteiger partial charge >= 0.3 is 0 Å². The number of benzene rings is 1. The van der Waals surface area contributed by atoms with E-state index in [9.17, 15) is 0 Å². The van der Waals surface area contributed by atoms with Crippen LogP contribution in [0, 0.1) is 5.92 Å². The molecule has 1 rings (SSSR count). The maximum absolute atomic E-state index is 4.08. The first-order valence-corrected chi connectivity index (χ1v) is 5.85. The number of nitrogens with zero attached hydrogens (tertiary/aromatic N) is 1. The first-order chi connectivity index (χ1) is 7.67. The van der Waals surface area contributed by atoms with Gasteiger partial charge in [0.2, 0.25) is 0 Å². The Morgan fingerprint density at radius 1 is 1.25 bits per heavy atom. The van der Waals surface area contributed by atoms with Crippen molar-refractivity contribution >= 4 is 12.3 Å². The lowest BCUT2D eigenvalue weighted by atomic mass is 9.98. The first-order valence-electron chi connectivity index (χ1n) is 5.85. The second kappa shape index (κ2) is 6.26. The molecule has 16 heavy (non-hydrogen) atoms. The number of rotatable bonds is 4. The van der Waals surface area contributed by atoms with Crippen molar-refractivity contribution < 1.29 is 0 Å². The first kappa shape index (κ1) is 12.7. The van der Waals surface area contributed by atoms with Gasteiger partial charge in [-0.3, -0.25) is 4.99 Å². The highest BCUT2D eigenvalue weighted by Gasteiger charge is 2.01. The predicted octanol–water partition coefficient (Wildman–Crippen LogP) is 3.97. The molecule has 0 aliphatic carbocycles. The molecule has 0 bridgehead atoms. The third-order valence-corrected chi connectivity index (χ3v) is 2.41. The quantitative estimate of drug-likeness (QED) is 0.674. The van der Waals surface area contributed by atoms with Gasteiger partial charge in [-0.25, -0.2) is 0 Å². The molecule has 0 fully saturated rings. The summed E-state index contributed by atoms with van der Waals surface area (Å²) in [6, 6.07) is 6.61. The predicted molar refractivity (Wildman–Crippen MR) is 73.2 cm³/mol. The lowest BCUT2D eigenvalue weighted by Crippen LogP contribution is -1.96. The Morgan fingerprint density at radius 3 is 2.56 bits per heavy atom. The summed E-state index contributed by atoms with van der Waals surface area (Å²) in [5, 5.41) is 0. The highest BCUT2D eigenvalue weighted by Crippen LogP contribution is 2.15. The van der Waals surface area contributed by atoms with Crippen LogP contribution in [-0.2, 0) is 6.42 Å². The average molecular weight is 215 g/mol. The Hall–Kier alpha value is -1.37. The number of allylic oxidation sites excluding steroid dienone is 1. The van der Waals surface area contributed by atoms with Crippen LogP contribution in [0.25, 0.3) is 6.08 Å². The second-order valence-corrected chi connectivity index (χ2v) is 4.45. The Balaban J connectivity index is 3.06. The van der Waals surface area contributed by atoms with Crippen molar-refractivity contribution in [3.63, 3.8) is 0 Å². The molecular formula is C15H21N. The van der Waals surface area contributed by atoms with E-state index < -0.39 is 0 Å². The van der Waals surface area contributed by atoms with Gasteiger partial charge in [-0.15, -0.1) is 0 Å². The Labute approximate surface area is 98.9 Å². The van der Waals surface area contributed by atoms with Crippen LogP contribution < -0.4 is 0 Å². The van der Waals surface area contributed by atoms with Crippen LogP contribution in [0.1, 0.15) is 37.5 Å². The zero-order valence-electron chi connectivity index (χ0n) is 10.7. The summed E-state index contributed by atoms with van der Waals surface area (Å²) in [7, 11) is 1.81.